The van der Waals surface area contributed by atoms with Crippen LogP contribution in [0.15, 0.2) is 104 Å². The molecule has 0 aromatic heterocycles. The van der Waals surface area contributed by atoms with Crippen molar-refractivity contribution in [3.05, 3.63) is 104 Å². The van der Waals surface area contributed by atoms with Gasteiger partial charge in [0.25, 0.3) is 0 Å². The summed E-state index contributed by atoms with van der Waals surface area (Å²) in [5, 5.41) is 4.41. The second-order valence-corrected chi connectivity index (χ2v) is 12.0. The van der Waals surface area contributed by atoms with Crippen molar-refractivity contribution in [2.75, 3.05) is 12.8 Å². The van der Waals surface area contributed by atoms with Gasteiger partial charge in [-0.3, -0.25) is 0 Å². The molecule has 3 aromatic carbocycles. The Labute approximate surface area is 216 Å². The molecule has 3 rings (SSSR count). The molecule has 4 heteroatoms. The number of rotatable bonds is 14. The first-order valence-electron chi connectivity index (χ1n) is 12.1. The molecule has 0 N–H and O–H groups in total. The zero-order valence-electron chi connectivity index (χ0n) is 20.0. The molecule has 0 aliphatic carbocycles. The van der Waals surface area contributed by atoms with E-state index in [-0.39, 0.29) is 23.0 Å². The highest BCUT2D eigenvalue weighted by Gasteiger charge is 2.44. The summed E-state index contributed by atoms with van der Waals surface area (Å²) in [6, 6.07) is 33.4. The Morgan fingerprint density at radius 2 is 1.03 bits per heavy atom. The number of ether oxygens (including phenoxy) is 1. The summed E-state index contributed by atoms with van der Waals surface area (Å²) in [7, 11) is -1.69. The first-order chi connectivity index (χ1) is 16.3. The van der Waals surface area contributed by atoms with Crippen LogP contribution in [0.5, 0.6) is 0 Å². The molecule has 0 saturated heterocycles. The summed E-state index contributed by atoms with van der Waals surface area (Å²) in [5.41, 5.74) is 0. The van der Waals surface area contributed by atoms with E-state index in [0.29, 0.717) is 6.61 Å². The van der Waals surface area contributed by atoms with E-state index < -0.39 is 7.26 Å². The lowest BCUT2D eigenvalue weighted by Crippen LogP contribution is -3.00. The SMILES string of the molecule is C=CC(=O)OCCCCCCCCC[P+](c1ccccc1)(c1ccccc1)c1ccccc1.[Br-]. The normalized spacial score (nSPS) is 10.8. The Hall–Kier alpha value is -2.22. The second-order valence-electron chi connectivity index (χ2n) is 8.39. The lowest BCUT2D eigenvalue weighted by molar-refractivity contribution is -0.137. The number of esters is 1. The number of unbranched alkanes of at least 4 members (excludes halogenated alkanes) is 6. The first kappa shape index (κ1) is 28.0. The smallest absolute Gasteiger partial charge is 0.330 e. The van der Waals surface area contributed by atoms with Crippen molar-refractivity contribution in [3.8, 4) is 0 Å². The average Bonchev–Trinajstić information content (AvgIpc) is 2.89. The van der Waals surface area contributed by atoms with Gasteiger partial charge >= 0.3 is 5.97 Å². The van der Waals surface area contributed by atoms with Gasteiger partial charge in [-0.25, -0.2) is 4.79 Å². The van der Waals surface area contributed by atoms with Crippen LogP contribution in [0.25, 0.3) is 0 Å². The minimum atomic E-state index is -1.69. The van der Waals surface area contributed by atoms with Crippen LogP contribution in [0.1, 0.15) is 44.9 Å². The number of benzene rings is 3. The molecular weight excluding hydrogens is 503 g/mol. The fourth-order valence-electron chi connectivity index (χ4n) is 4.45. The average molecular weight is 539 g/mol. The molecule has 0 unspecified atom stereocenters. The molecule has 0 atom stereocenters. The number of hydrogen-bond donors (Lipinski definition) is 0. The molecule has 0 spiro atoms. The number of hydrogen-bond acceptors (Lipinski definition) is 2. The molecule has 0 bridgehead atoms. The van der Waals surface area contributed by atoms with Gasteiger partial charge in [0.2, 0.25) is 0 Å². The number of halogens is 1. The Morgan fingerprint density at radius 3 is 1.44 bits per heavy atom. The summed E-state index contributed by atoms with van der Waals surface area (Å²) in [4.78, 5) is 11.1. The molecule has 0 saturated carbocycles. The minimum absolute atomic E-state index is 0. The predicted octanol–water partition coefficient (Wildman–Crippen LogP) is 3.44. The summed E-state index contributed by atoms with van der Waals surface area (Å²) in [5.74, 6) is -0.322. The third kappa shape index (κ3) is 7.93. The number of carbonyl (C=O) groups is 1. The number of carbonyl (C=O) groups excluding carboxylic acids is 1. The first-order valence-corrected chi connectivity index (χ1v) is 14.1. The van der Waals surface area contributed by atoms with Crippen LogP contribution in [0.4, 0.5) is 0 Å². The van der Waals surface area contributed by atoms with E-state index in [1.54, 1.807) is 0 Å². The van der Waals surface area contributed by atoms with Crippen molar-refractivity contribution >= 4 is 29.1 Å². The second kappa shape index (κ2) is 15.6. The van der Waals surface area contributed by atoms with Crippen molar-refractivity contribution in [1.29, 1.82) is 0 Å². The van der Waals surface area contributed by atoms with Gasteiger partial charge in [-0.05, 0) is 55.7 Å². The van der Waals surface area contributed by atoms with Crippen molar-refractivity contribution in [2.45, 2.75) is 44.9 Å². The summed E-state index contributed by atoms with van der Waals surface area (Å²) < 4.78 is 5.05. The van der Waals surface area contributed by atoms with Crippen LogP contribution < -0.4 is 32.9 Å². The zero-order valence-corrected chi connectivity index (χ0v) is 22.4. The lowest BCUT2D eigenvalue weighted by Gasteiger charge is -2.27. The summed E-state index contributed by atoms with van der Waals surface area (Å²) >= 11 is 0. The summed E-state index contributed by atoms with van der Waals surface area (Å²) in [6.45, 7) is 3.92. The van der Waals surface area contributed by atoms with Crippen molar-refractivity contribution < 1.29 is 26.5 Å². The molecule has 0 aliphatic rings. The third-order valence-electron chi connectivity index (χ3n) is 6.14. The summed E-state index contributed by atoms with van der Waals surface area (Å²) in [6.07, 6.45) is 10.6. The Morgan fingerprint density at radius 1 is 0.647 bits per heavy atom. The van der Waals surface area contributed by atoms with Crippen LogP contribution in [-0.4, -0.2) is 18.7 Å². The largest absolute Gasteiger partial charge is 1.00 e. The van der Waals surface area contributed by atoms with Crippen molar-refractivity contribution in [3.63, 3.8) is 0 Å². The van der Waals surface area contributed by atoms with E-state index >= 15 is 0 Å². The molecule has 0 amide bonds. The molecule has 0 radical (unpaired) electrons. The minimum Gasteiger partial charge on any atom is -1.00 e. The monoisotopic (exact) mass is 538 g/mol. The molecule has 0 heterocycles. The van der Waals surface area contributed by atoms with Gasteiger partial charge in [0.15, 0.2) is 0 Å². The molecule has 34 heavy (non-hydrogen) atoms. The standard InChI is InChI=1S/C30H36O2P.BrH/c1-2-30(31)32-25-17-6-4-3-5-7-18-26-33(27-19-11-8-12-20-27,28-21-13-9-14-22-28)29-23-15-10-16-24-29;/h2,8-16,19-24H,1,3-7,17-18,25-26H2;1H/q+1;/p-1. The molecule has 180 valence electrons. The van der Waals surface area contributed by atoms with Crippen LogP contribution >= 0.6 is 7.26 Å². The maximum absolute atomic E-state index is 11.1. The Kier molecular flexibility index (Phi) is 12.9. The molecule has 3 aromatic rings. The van der Waals surface area contributed by atoms with Crippen LogP contribution in [0, 0.1) is 0 Å². The molecule has 0 aliphatic heterocycles. The lowest BCUT2D eigenvalue weighted by atomic mass is 10.1. The van der Waals surface area contributed by atoms with Gasteiger partial charge in [-0.1, -0.05) is 86.9 Å². The van der Waals surface area contributed by atoms with Gasteiger partial charge in [0, 0.05) is 6.08 Å². The third-order valence-corrected chi connectivity index (χ3v) is 10.7. The fourth-order valence-corrected chi connectivity index (χ4v) is 8.86. The predicted molar refractivity (Wildman–Crippen MR) is 143 cm³/mol. The van der Waals surface area contributed by atoms with E-state index in [2.05, 4.69) is 97.6 Å². The molecule has 0 fully saturated rings. The van der Waals surface area contributed by atoms with E-state index in [9.17, 15) is 4.79 Å². The van der Waals surface area contributed by atoms with Crippen LogP contribution in [0.2, 0.25) is 0 Å². The highest BCUT2D eigenvalue weighted by atomic mass is 79.9. The van der Waals surface area contributed by atoms with Gasteiger partial charge < -0.3 is 21.7 Å². The maximum atomic E-state index is 11.1. The van der Waals surface area contributed by atoms with E-state index in [0.717, 1.165) is 12.8 Å². The van der Waals surface area contributed by atoms with E-state index in [1.165, 1.54) is 60.3 Å². The Bertz CT molecular complexity index is 864. The topological polar surface area (TPSA) is 26.3 Å². The fraction of sp³-hybridized carbons (Fsp3) is 0.300. The van der Waals surface area contributed by atoms with Gasteiger partial charge in [-0.15, -0.1) is 0 Å². The Balaban J connectivity index is 0.00000408. The maximum Gasteiger partial charge on any atom is 0.330 e. The van der Waals surface area contributed by atoms with Gasteiger partial charge in [0.1, 0.15) is 23.2 Å². The highest BCUT2D eigenvalue weighted by molar-refractivity contribution is 7.95. The zero-order chi connectivity index (χ0) is 23.2. The molecule has 2 nitrogen and oxygen atoms in total. The van der Waals surface area contributed by atoms with E-state index in [1.807, 2.05) is 0 Å². The highest BCUT2D eigenvalue weighted by Crippen LogP contribution is 2.55. The quantitative estimate of drug-likeness (QED) is 0.136. The van der Waals surface area contributed by atoms with Gasteiger partial charge in [0.05, 0.1) is 12.8 Å². The van der Waals surface area contributed by atoms with E-state index in [4.69, 9.17) is 4.74 Å². The molecular formula is C30H36BrO2P. The van der Waals surface area contributed by atoms with Crippen LogP contribution in [0.3, 0.4) is 0 Å². The van der Waals surface area contributed by atoms with Crippen LogP contribution in [-0.2, 0) is 9.53 Å². The van der Waals surface area contributed by atoms with Crippen molar-refractivity contribution in [2.24, 2.45) is 0 Å². The van der Waals surface area contributed by atoms with Gasteiger partial charge in [-0.2, -0.15) is 0 Å². The van der Waals surface area contributed by atoms with Crippen molar-refractivity contribution in [1.82, 2.24) is 0 Å².